The van der Waals surface area contributed by atoms with Gasteiger partial charge in [0.1, 0.15) is 11.4 Å². The summed E-state index contributed by atoms with van der Waals surface area (Å²) in [5.41, 5.74) is -0.493. The largest absolute Gasteiger partial charge is 0.462 e. The highest BCUT2D eigenvalue weighted by atomic mass is 35.5. The van der Waals surface area contributed by atoms with Crippen molar-refractivity contribution in [2.24, 2.45) is 0 Å². The van der Waals surface area contributed by atoms with Crippen LogP contribution in [0, 0.1) is 17.5 Å². The molecule has 26 heavy (non-hydrogen) atoms. The minimum Gasteiger partial charge on any atom is -0.462 e. The Morgan fingerprint density at radius 1 is 1.12 bits per heavy atom. The lowest BCUT2D eigenvalue weighted by Crippen LogP contribution is -2.18. The van der Waals surface area contributed by atoms with Gasteiger partial charge in [0.15, 0.2) is 11.6 Å². The minimum atomic E-state index is -1.28. The third kappa shape index (κ3) is 4.64. The molecule has 2 aromatic carbocycles. The molecule has 0 radical (unpaired) electrons. The molecular weight excluding hydrogens is 371 g/mol. The maximum absolute atomic E-state index is 13.4. The molecule has 0 spiro atoms. The van der Waals surface area contributed by atoms with Crippen LogP contribution < -0.4 is 5.32 Å². The van der Waals surface area contributed by atoms with Gasteiger partial charge < -0.3 is 10.1 Å². The van der Waals surface area contributed by atoms with Crippen molar-refractivity contribution in [3.63, 3.8) is 0 Å². The average molecular weight is 384 g/mol. The number of hydrogen-bond acceptors (Lipinski definition) is 4. The van der Waals surface area contributed by atoms with Crippen LogP contribution in [0.2, 0.25) is 5.02 Å². The van der Waals surface area contributed by atoms with Crippen molar-refractivity contribution in [1.82, 2.24) is 0 Å². The Labute approximate surface area is 152 Å². The van der Waals surface area contributed by atoms with E-state index in [1.807, 2.05) is 0 Å². The molecule has 0 heterocycles. The zero-order chi connectivity index (χ0) is 19.3. The third-order valence-corrected chi connectivity index (χ3v) is 3.53. The number of ether oxygens (including phenoxy) is 1. The van der Waals surface area contributed by atoms with Crippen molar-refractivity contribution in [3.05, 3.63) is 76.2 Å². The van der Waals surface area contributed by atoms with Crippen LogP contribution >= 0.6 is 11.6 Å². The van der Waals surface area contributed by atoms with Crippen LogP contribution in [0.5, 0.6) is 0 Å². The highest BCUT2D eigenvalue weighted by Crippen LogP contribution is 2.23. The summed E-state index contributed by atoms with van der Waals surface area (Å²) in [4.78, 5) is 24.7. The van der Waals surface area contributed by atoms with Crippen LogP contribution in [-0.2, 0) is 9.53 Å². The number of anilines is 1. The van der Waals surface area contributed by atoms with Crippen LogP contribution in [0.25, 0.3) is 0 Å². The molecule has 0 aliphatic rings. The minimum absolute atomic E-state index is 0.00842. The Kier molecular flexibility index (Phi) is 6.41. The first-order valence-corrected chi connectivity index (χ1v) is 7.80. The predicted octanol–water partition coefficient (Wildman–Crippen LogP) is 4.50. The molecule has 0 fully saturated rings. The number of esters is 1. The molecule has 4 nitrogen and oxygen atoms in total. The van der Waals surface area contributed by atoms with Gasteiger partial charge in [-0.2, -0.15) is 0 Å². The third-order valence-electron chi connectivity index (χ3n) is 3.22. The van der Waals surface area contributed by atoms with Gasteiger partial charge in [-0.1, -0.05) is 11.6 Å². The maximum atomic E-state index is 13.4. The molecule has 8 heteroatoms. The van der Waals surface area contributed by atoms with Gasteiger partial charge in [-0.05, 0) is 43.3 Å². The zero-order valence-corrected chi connectivity index (χ0v) is 14.2. The number of ketones is 1. The fourth-order valence-corrected chi connectivity index (χ4v) is 2.21. The number of carbonyl (C=O) groups excluding carboxylic acids is 2. The smallest absolute Gasteiger partial charge is 0.343 e. The van der Waals surface area contributed by atoms with Gasteiger partial charge in [-0.25, -0.2) is 18.0 Å². The summed E-state index contributed by atoms with van der Waals surface area (Å²) in [6, 6.07) is 6.35. The normalized spacial score (nSPS) is 11.2. The van der Waals surface area contributed by atoms with E-state index in [2.05, 4.69) is 5.32 Å². The van der Waals surface area contributed by atoms with E-state index in [9.17, 15) is 22.8 Å². The first kappa shape index (κ1) is 19.5. The first-order chi connectivity index (χ1) is 12.3. The van der Waals surface area contributed by atoms with E-state index in [0.29, 0.717) is 17.8 Å². The molecule has 0 saturated heterocycles. The number of benzene rings is 2. The van der Waals surface area contributed by atoms with Gasteiger partial charge in [0.05, 0.1) is 11.6 Å². The molecule has 136 valence electrons. The van der Waals surface area contributed by atoms with E-state index in [1.165, 1.54) is 31.2 Å². The lowest BCUT2D eigenvalue weighted by Gasteiger charge is -2.09. The average Bonchev–Trinajstić information content (AvgIpc) is 2.60. The standard InChI is InChI=1S/C18H13ClF3NO3/c1-2-26-18(25)13(9-23-11-5-3-10(20)4-6-11)17(24)12-7-15(21)16(22)8-14(12)19/h3-9,23H,2H2,1H3/b13-9-. The van der Waals surface area contributed by atoms with Gasteiger partial charge in [0.25, 0.3) is 0 Å². The Morgan fingerprint density at radius 3 is 2.35 bits per heavy atom. The van der Waals surface area contributed by atoms with E-state index in [-0.39, 0.29) is 11.6 Å². The van der Waals surface area contributed by atoms with Gasteiger partial charge in [0.2, 0.25) is 5.78 Å². The summed E-state index contributed by atoms with van der Waals surface area (Å²) in [6.07, 6.45) is 1.03. The first-order valence-electron chi connectivity index (χ1n) is 7.42. The summed E-state index contributed by atoms with van der Waals surface area (Å²) in [6.45, 7) is 1.53. The highest BCUT2D eigenvalue weighted by molar-refractivity contribution is 6.37. The van der Waals surface area contributed by atoms with Crippen LogP contribution in [0.4, 0.5) is 18.9 Å². The molecule has 0 aliphatic carbocycles. The second-order valence-electron chi connectivity index (χ2n) is 5.01. The topological polar surface area (TPSA) is 55.4 Å². The lowest BCUT2D eigenvalue weighted by atomic mass is 10.0. The van der Waals surface area contributed by atoms with Gasteiger partial charge >= 0.3 is 5.97 Å². The van der Waals surface area contributed by atoms with Gasteiger partial charge in [-0.15, -0.1) is 0 Å². The Bertz CT molecular complexity index is 867. The van der Waals surface area contributed by atoms with E-state index >= 15 is 0 Å². The van der Waals surface area contributed by atoms with Crippen molar-refractivity contribution in [1.29, 1.82) is 0 Å². The van der Waals surface area contributed by atoms with Crippen LogP contribution in [0.3, 0.4) is 0 Å². The van der Waals surface area contributed by atoms with Gasteiger partial charge in [-0.3, -0.25) is 4.79 Å². The maximum Gasteiger partial charge on any atom is 0.343 e. The number of Topliss-reactive ketones (excluding diaryl/α,β-unsaturated/α-hetero) is 1. The molecule has 2 rings (SSSR count). The molecule has 0 bridgehead atoms. The summed E-state index contributed by atoms with van der Waals surface area (Å²) in [7, 11) is 0. The Balaban J connectivity index is 2.39. The van der Waals surface area contributed by atoms with Crippen molar-refractivity contribution < 1.29 is 27.5 Å². The summed E-state index contributed by atoms with van der Waals surface area (Å²) >= 11 is 5.79. The van der Waals surface area contributed by atoms with Crippen LogP contribution in [-0.4, -0.2) is 18.4 Å². The number of halogens is 4. The number of rotatable bonds is 6. The molecule has 0 saturated carbocycles. The SMILES string of the molecule is CCOC(=O)/C(=C\Nc1ccc(F)cc1)C(=O)c1cc(F)c(F)cc1Cl. The molecule has 0 atom stereocenters. The predicted molar refractivity (Wildman–Crippen MR) is 90.4 cm³/mol. The monoisotopic (exact) mass is 383 g/mol. The molecule has 2 aromatic rings. The molecule has 0 aliphatic heterocycles. The molecular formula is C18H13ClF3NO3. The van der Waals surface area contributed by atoms with E-state index < -0.39 is 40.3 Å². The number of hydrogen-bond donors (Lipinski definition) is 1. The van der Waals surface area contributed by atoms with E-state index in [0.717, 1.165) is 6.20 Å². The van der Waals surface area contributed by atoms with Crippen LogP contribution in [0.15, 0.2) is 48.2 Å². The number of carbonyl (C=O) groups is 2. The summed E-state index contributed by atoms with van der Waals surface area (Å²) < 4.78 is 44.4. The number of nitrogens with one attached hydrogen (secondary N) is 1. The summed E-state index contributed by atoms with van der Waals surface area (Å²) in [5.74, 6) is -4.91. The van der Waals surface area contributed by atoms with E-state index in [1.54, 1.807) is 0 Å². The van der Waals surface area contributed by atoms with Crippen molar-refractivity contribution in [2.75, 3.05) is 11.9 Å². The Hall–Kier alpha value is -2.80. The fraction of sp³-hybridized carbons (Fsp3) is 0.111. The van der Waals surface area contributed by atoms with Crippen molar-refractivity contribution in [3.8, 4) is 0 Å². The zero-order valence-electron chi connectivity index (χ0n) is 13.5. The molecule has 0 unspecified atom stereocenters. The fourth-order valence-electron chi connectivity index (χ4n) is 1.97. The van der Waals surface area contributed by atoms with Crippen molar-refractivity contribution in [2.45, 2.75) is 6.92 Å². The Morgan fingerprint density at radius 2 is 1.73 bits per heavy atom. The van der Waals surface area contributed by atoms with Gasteiger partial charge in [0, 0.05) is 17.5 Å². The van der Waals surface area contributed by atoms with E-state index in [4.69, 9.17) is 16.3 Å². The summed E-state index contributed by atoms with van der Waals surface area (Å²) in [5, 5.41) is 2.29. The van der Waals surface area contributed by atoms with Crippen LogP contribution in [0.1, 0.15) is 17.3 Å². The second kappa shape index (κ2) is 8.53. The van der Waals surface area contributed by atoms with Crippen molar-refractivity contribution >= 4 is 29.0 Å². The quantitative estimate of drug-likeness (QED) is 0.199. The molecule has 1 N–H and O–H groups in total. The molecule has 0 amide bonds. The molecule has 0 aromatic heterocycles. The lowest BCUT2D eigenvalue weighted by molar-refractivity contribution is -0.138. The highest BCUT2D eigenvalue weighted by Gasteiger charge is 2.24. The second-order valence-corrected chi connectivity index (χ2v) is 5.41.